The summed E-state index contributed by atoms with van der Waals surface area (Å²) in [4.78, 5) is 10.9. The van der Waals surface area contributed by atoms with E-state index in [0.717, 1.165) is 16.8 Å². The van der Waals surface area contributed by atoms with Crippen LogP contribution in [0.5, 0.6) is 0 Å². The maximum atomic E-state index is 10.9. The van der Waals surface area contributed by atoms with E-state index in [0.29, 0.717) is 11.6 Å². The molecule has 0 aromatic heterocycles. The molecule has 1 aliphatic heterocycles. The van der Waals surface area contributed by atoms with Crippen molar-refractivity contribution in [3.63, 3.8) is 0 Å². The largest absolute Gasteiger partial charge is 0.480 e. The Hall–Kier alpha value is -1.26. The van der Waals surface area contributed by atoms with Crippen molar-refractivity contribution in [2.45, 2.75) is 18.9 Å². The standard InChI is InChI=1S/C11H13ClN2O2/c1-5-8(12)3-2-6-7(4-14-10(5)6)9(13)11(15)16/h2-3,7,9,14H,4,13H2,1H3,(H,15,16). The van der Waals surface area contributed by atoms with Gasteiger partial charge in [-0.2, -0.15) is 0 Å². The Kier molecular flexibility index (Phi) is 2.78. The van der Waals surface area contributed by atoms with Crippen LogP contribution < -0.4 is 11.1 Å². The first-order valence-corrected chi connectivity index (χ1v) is 5.41. The molecule has 0 saturated heterocycles. The third-order valence-corrected chi connectivity index (χ3v) is 3.46. The predicted octanol–water partition coefficient (Wildman–Crippen LogP) is 1.57. The van der Waals surface area contributed by atoms with Crippen molar-refractivity contribution in [1.29, 1.82) is 0 Å². The third kappa shape index (κ3) is 1.64. The van der Waals surface area contributed by atoms with Crippen molar-refractivity contribution >= 4 is 23.3 Å². The van der Waals surface area contributed by atoms with E-state index in [-0.39, 0.29) is 5.92 Å². The Morgan fingerprint density at radius 3 is 3.00 bits per heavy atom. The lowest BCUT2D eigenvalue weighted by molar-refractivity contribution is -0.138. The van der Waals surface area contributed by atoms with Crippen LogP contribution in [0.15, 0.2) is 12.1 Å². The van der Waals surface area contributed by atoms with Gasteiger partial charge < -0.3 is 16.2 Å². The number of fused-ring (bicyclic) bond motifs is 1. The van der Waals surface area contributed by atoms with Crippen LogP contribution in [-0.2, 0) is 4.79 Å². The van der Waals surface area contributed by atoms with Crippen molar-refractivity contribution in [2.75, 3.05) is 11.9 Å². The van der Waals surface area contributed by atoms with Gasteiger partial charge in [0, 0.05) is 23.2 Å². The molecule has 0 saturated carbocycles. The number of halogens is 1. The molecule has 1 aromatic rings. The SMILES string of the molecule is Cc1c(Cl)ccc2c1NCC2C(N)C(=O)O. The maximum absolute atomic E-state index is 10.9. The molecular formula is C11H13ClN2O2. The number of nitrogens with two attached hydrogens (primary N) is 1. The molecule has 0 spiro atoms. The van der Waals surface area contributed by atoms with Gasteiger partial charge in [0.1, 0.15) is 6.04 Å². The number of carboxylic acids is 1. The molecule has 1 aliphatic rings. The summed E-state index contributed by atoms with van der Waals surface area (Å²) < 4.78 is 0. The Labute approximate surface area is 98.4 Å². The van der Waals surface area contributed by atoms with E-state index in [1.54, 1.807) is 6.07 Å². The average Bonchev–Trinajstić information content (AvgIpc) is 2.66. The quantitative estimate of drug-likeness (QED) is 0.734. The fourth-order valence-electron chi connectivity index (χ4n) is 2.07. The average molecular weight is 241 g/mol. The minimum Gasteiger partial charge on any atom is -0.480 e. The van der Waals surface area contributed by atoms with E-state index in [9.17, 15) is 4.79 Å². The van der Waals surface area contributed by atoms with Gasteiger partial charge in [0.25, 0.3) is 0 Å². The first-order chi connectivity index (χ1) is 7.52. The van der Waals surface area contributed by atoms with Gasteiger partial charge in [0.15, 0.2) is 0 Å². The third-order valence-electron chi connectivity index (χ3n) is 3.05. The van der Waals surface area contributed by atoms with Crippen LogP contribution in [0.1, 0.15) is 17.0 Å². The number of aliphatic carboxylic acids is 1. The maximum Gasteiger partial charge on any atom is 0.321 e. The molecule has 86 valence electrons. The van der Waals surface area contributed by atoms with E-state index in [1.165, 1.54) is 0 Å². The van der Waals surface area contributed by atoms with E-state index < -0.39 is 12.0 Å². The van der Waals surface area contributed by atoms with Crippen LogP contribution in [0.4, 0.5) is 5.69 Å². The lowest BCUT2D eigenvalue weighted by atomic mass is 9.93. The van der Waals surface area contributed by atoms with E-state index >= 15 is 0 Å². The minimum atomic E-state index is -0.979. The summed E-state index contributed by atoms with van der Waals surface area (Å²) in [5, 5.41) is 12.8. The highest BCUT2D eigenvalue weighted by Gasteiger charge is 2.32. The molecule has 1 aromatic carbocycles. The van der Waals surface area contributed by atoms with Gasteiger partial charge in [-0.1, -0.05) is 17.7 Å². The van der Waals surface area contributed by atoms with E-state index in [4.69, 9.17) is 22.4 Å². The van der Waals surface area contributed by atoms with Crippen molar-refractivity contribution in [3.8, 4) is 0 Å². The number of hydrogen-bond donors (Lipinski definition) is 3. The second-order valence-corrected chi connectivity index (χ2v) is 4.40. The van der Waals surface area contributed by atoms with Crippen LogP contribution in [0.3, 0.4) is 0 Å². The molecule has 0 amide bonds. The summed E-state index contributed by atoms with van der Waals surface area (Å²) in [6, 6.07) is 2.75. The van der Waals surface area contributed by atoms with Gasteiger partial charge >= 0.3 is 5.97 Å². The molecule has 2 unspecified atom stereocenters. The van der Waals surface area contributed by atoms with Gasteiger partial charge in [0.2, 0.25) is 0 Å². The second kappa shape index (κ2) is 3.96. The molecule has 4 nitrogen and oxygen atoms in total. The molecule has 5 heteroatoms. The lowest BCUT2D eigenvalue weighted by Crippen LogP contribution is -2.37. The Morgan fingerprint density at radius 1 is 1.69 bits per heavy atom. The Morgan fingerprint density at radius 2 is 2.38 bits per heavy atom. The van der Waals surface area contributed by atoms with Gasteiger partial charge in [0.05, 0.1) is 0 Å². The highest BCUT2D eigenvalue weighted by molar-refractivity contribution is 6.31. The molecule has 4 N–H and O–H groups in total. The van der Waals surface area contributed by atoms with Crippen LogP contribution in [0, 0.1) is 6.92 Å². The lowest BCUT2D eigenvalue weighted by Gasteiger charge is -2.15. The van der Waals surface area contributed by atoms with Crippen LogP contribution in [-0.4, -0.2) is 23.7 Å². The molecule has 0 bridgehead atoms. The first-order valence-electron chi connectivity index (χ1n) is 5.03. The minimum absolute atomic E-state index is 0.191. The van der Waals surface area contributed by atoms with Crippen molar-refractivity contribution in [1.82, 2.24) is 0 Å². The fourth-order valence-corrected chi connectivity index (χ4v) is 2.22. The molecule has 16 heavy (non-hydrogen) atoms. The van der Waals surface area contributed by atoms with Crippen LogP contribution in [0.25, 0.3) is 0 Å². The molecule has 0 radical (unpaired) electrons. The number of benzene rings is 1. The molecule has 0 fully saturated rings. The van der Waals surface area contributed by atoms with Gasteiger partial charge in [-0.3, -0.25) is 4.79 Å². The highest BCUT2D eigenvalue weighted by atomic mass is 35.5. The normalized spacial score (nSPS) is 20.1. The fraction of sp³-hybridized carbons (Fsp3) is 0.364. The highest BCUT2D eigenvalue weighted by Crippen LogP contribution is 2.38. The van der Waals surface area contributed by atoms with Crippen LogP contribution in [0.2, 0.25) is 5.02 Å². The smallest absolute Gasteiger partial charge is 0.321 e. The van der Waals surface area contributed by atoms with Gasteiger partial charge in [-0.15, -0.1) is 0 Å². The van der Waals surface area contributed by atoms with E-state index in [2.05, 4.69) is 5.32 Å². The Bertz CT molecular complexity index is 448. The van der Waals surface area contributed by atoms with E-state index in [1.807, 2.05) is 13.0 Å². The summed E-state index contributed by atoms with van der Waals surface area (Å²) in [5.41, 5.74) is 8.46. The summed E-state index contributed by atoms with van der Waals surface area (Å²) in [6.07, 6.45) is 0. The zero-order valence-corrected chi connectivity index (χ0v) is 9.58. The summed E-state index contributed by atoms with van der Waals surface area (Å²) in [7, 11) is 0. The monoisotopic (exact) mass is 240 g/mol. The van der Waals surface area contributed by atoms with Gasteiger partial charge in [-0.05, 0) is 24.1 Å². The molecule has 0 aliphatic carbocycles. The molecular weight excluding hydrogens is 228 g/mol. The number of rotatable bonds is 2. The number of hydrogen-bond acceptors (Lipinski definition) is 3. The second-order valence-electron chi connectivity index (χ2n) is 3.99. The predicted molar refractivity (Wildman–Crippen MR) is 63.0 cm³/mol. The summed E-state index contributed by atoms with van der Waals surface area (Å²) in [5.74, 6) is -1.17. The number of carboxylic acid groups (broad SMARTS) is 1. The molecule has 2 rings (SSSR count). The zero-order valence-electron chi connectivity index (χ0n) is 8.83. The first kappa shape index (κ1) is 11.2. The van der Waals surface area contributed by atoms with Gasteiger partial charge in [-0.25, -0.2) is 0 Å². The van der Waals surface area contributed by atoms with Crippen molar-refractivity contribution < 1.29 is 9.90 Å². The van der Waals surface area contributed by atoms with Crippen LogP contribution >= 0.6 is 11.6 Å². The van der Waals surface area contributed by atoms with Crippen molar-refractivity contribution in [3.05, 3.63) is 28.3 Å². The molecule has 2 atom stereocenters. The number of nitrogens with one attached hydrogen (secondary N) is 1. The Balaban J connectivity index is 2.41. The topological polar surface area (TPSA) is 75.3 Å². The summed E-state index contributed by atoms with van der Waals surface area (Å²) >= 11 is 5.99. The number of carbonyl (C=O) groups is 1. The zero-order chi connectivity index (χ0) is 11.9. The molecule has 1 heterocycles. The number of anilines is 1. The van der Waals surface area contributed by atoms with Crippen molar-refractivity contribution in [2.24, 2.45) is 5.73 Å². The summed E-state index contributed by atoms with van der Waals surface area (Å²) in [6.45, 7) is 2.45.